The fraction of sp³-hybridized carbons (Fsp3) is 0.394. The number of hydrogen-bond donors (Lipinski definition) is 0. The van der Waals surface area contributed by atoms with Gasteiger partial charge in [-0.1, -0.05) is 82.7 Å². The molecule has 3 aromatic rings. The van der Waals surface area contributed by atoms with Crippen molar-refractivity contribution >= 4 is 27.9 Å². The molecule has 4 aliphatic heterocycles. The van der Waals surface area contributed by atoms with Crippen LogP contribution in [0.3, 0.4) is 0 Å². The number of hydrogen-bond acceptors (Lipinski definition) is 7. The zero-order valence-corrected chi connectivity index (χ0v) is 25.0. The summed E-state index contributed by atoms with van der Waals surface area (Å²) in [6, 6.07) is 25.0. The number of ether oxygens (including phenoxy) is 4. The number of nitrogens with zero attached hydrogens (tertiary/aromatic N) is 1. The molecule has 0 aliphatic carbocycles. The Morgan fingerprint density at radius 3 is 2.02 bits per heavy atom. The molecule has 0 N–H and O–H groups in total. The molecular formula is C33H34BrNO6. The van der Waals surface area contributed by atoms with Gasteiger partial charge in [0.15, 0.2) is 0 Å². The molecule has 0 amide bonds. The maximum atomic E-state index is 13.9. The zero-order chi connectivity index (χ0) is 28.7. The maximum absolute atomic E-state index is 13.9. The van der Waals surface area contributed by atoms with E-state index in [0.717, 1.165) is 29.5 Å². The molecule has 0 saturated carbocycles. The summed E-state index contributed by atoms with van der Waals surface area (Å²) in [5.41, 5.74) is 1.13. The number of alkyl halides is 1. The molecule has 8 heteroatoms. The monoisotopic (exact) mass is 619 g/mol. The molecule has 4 heterocycles. The second kappa shape index (κ2) is 11.2. The topological polar surface area (TPSA) is 77.6 Å². The summed E-state index contributed by atoms with van der Waals surface area (Å²) >= 11 is 2.94. The van der Waals surface area contributed by atoms with Gasteiger partial charge in [-0.05, 0) is 37.5 Å². The van der Waals surface area contributed by atoms with Crippen molar-refractivity contribution in [1.82, 2.24) is 4.90 Å². The summed E-state index contributed by atoms with van der Waals surface area (Å²) in [5, 5.41) is 0. The molecule has 3 saturated heterocycles. The first-order valence-electron chi connectivity index (χ1n) is 14.0. The molecule has 0 spiro atoms. The van der Waals surface area contributed by atoms with E-state index in [1.54, 1.807) is 0 Å². The van der Waals surface area contributed by atoms with Crippen LogP contribution in [0.4, 0.5) is 0 Å². The number of benzene rings is 3. The van der Waals surface area contributed by atoms with Gasteiger partial charge in [0, 0.05) is 36.1 Å². The van der Waals surface area contributed by atoms with E-state index in [2.05, 4.69) is 27.9 Å². The minimum Gasteiger partial charge on any atom is -0.463 e. The van der Waals surface area contributed by atoms with Gasteiger partial charge in [-0.15, -0.1) is 0 Å². The second-order valence-electron chi connectivity index (χ2n) is 11.2. The number of rotatable bonds is 6. The molecular weight excluding hydrogens is 586 g/mol. The van der Waals surface area contributed by atoms with E-state index in [9.17, 15) is 9.59 Å². The first kappa shape index (κ1) is 27.9. The fourth-order valence-electron chi connectivity index (χ4n) is 6.75. The van der Waals surface area contributed by atoms with Crippen molar-refractivity contribution in [2.45, 2.75) is 61.5 Å². The van der Waals surface area contributed by atoms with Crippen molar-refractivity contribution in [2.75, 3.05) is 19.5 Å². The molecule has 3 fully saturated rings. The first-order chi connectivity index (χ1) is 19.9. The van der Waals surface area contributed by atoms with E-state index in [0.29, 0.717) is 11.5 Å². The Kier molecular flexibility index (Phi) is 7.66. The van der Waals surface area contributed by atoms with Gasteiger partial charge >= 0.3 is 11.9 Å². The lowest BCUT2D eigenvalue weighted by Crippen LogP contribution is -2.48. The molecule has 0 aromatic heterocycles. The standard InChI is InChI=1S/C32H31NO6.CH3Br/c1-32(22-12-6-8-14-26(22)38-27-15-9-7-13-23(27)32)31(35)36-18-21(19-10-4-3-5-11-19)30(34)37-20-16-24-28-29(39-28)25(17-20)33(24)2;1-2/h3-15,20-21,24-25,28-29H,16-18H2,1-2H3;1H3/t20?,21?,24?,25?,28-,29+;. The summed E-state index contributed by atoms with van der Waals surface area (Å²) in [7, 11) is 2.13. The normalized spacial score (nSPS) is 27.0. The summed E-state index contributed by atoms with van der Waals surface area (Å²) in [6.45, 7) is 1.74. The van der Waals surface area contributed by atoms with Crippen LogP contribution < -0.4 is 4.74 Å². The van der Waals surface area contributed by atoms with Crippen LogP contribution >= 0.6 is 15.9 Å². The van der Waals surface area contributed by atoms with E-state index in [1.807, 2.05) is 91.6 Å². The van der Waals surface area contributed by atoms with Crippen LogP contribution in [0, 0.1) is 0 Å². The van der Waals surface area contributed by atoms with Gasteiger partial charge in [0.2, 0.25) is 0 Å². The Balaban J connectivity index is 0.00000148. The van der Waals surface area contributed by atoms with Crippen LogP contribution in [-0.4, -0.2) is 66.7 Å². The lowest BCUT2D eigenvalue weighted by molar-refractivity contribution is -0.160. The molecule has 4 unspecified atom stereocenters. The lowest BCUT2D eigenvalue weighted by atomic mass is 9.74. The van der Waals surface area contributed by atoms with Crippen LogP contribution in [-0.2, 0) is 29.2 Å². The highest BCUT2D eigenvalue weighted by Crippen LogP contribution is 2.49. The van der Waals surface area contributed by atoms with Gasteiger partial charge in [0.1, 0.15) is 47.8 Å². The minimum absolute atomic E-state index is 0.115. The second-order valence-corrected chi connectivity index (χ2v) is 11.2. The van der Waals surface area contributed by atoms with Crippen molar-refractivity contribution < 1.29 is 28.5 Å². The third-order valence-corrected chi connectivity index (χ3v) is 9.00. The lowest BCUT2D eigenvalue weighted by Gasteiger charge is -2.38. The largest absolute Gasteiger partial charge is 0.463 e. The van der Waals surface area contributed by atoms with Crippen LogP contribution in [0.25, 0.3) is 0 Å². The average molecular weight is 621 g/mol. The number of morpholine rings is 1. The molecule has 4 aliphatic rings. The molecule has 6 atom stereocenters. The van der Waals surface area contributed by atoms with Crippen molar-refractivity contribution in [1.29, 1.82) is 0 Å². The van der Waals surface area contributed by atoms with Gasteiger partial charge in [0.05, 0.1) is 0 Å². The number of para-hydroxylation sites is 2. The fourth-order valence-corrected chi connectivity index (χ4v) is 6.75. The number of esters is 2. The van der Waals surface area contributed by atoms with Crippen LogP contribution in [0.5, 0.6) is 11.5 Å². The van der Waals surface area contributed by atoms with Crippen LogP contribution in [0.15, 0.2) is 78.9 Å². The Morgan fingerprint density at radius 1 is 0.902 bits per heavy atom. The van der Waals surface area contributed by atoms with Gasteiger partial charge in [-0.25, -0.2) is 0 Å². The molecule has 214 valence electrons. The average Bonchev–Trinajstić information content (AvgIpc) is 3.77. The highest BCUT2D eigenvalue weighted by Gasteiger charge is 2.63. The van der Waals surface area contributed by atoms with Crippen molar-refractivity contribution in [3.05, 3.63) is 95.6 Å². The van der Waals surface area contributed by atoms with E-state index >= 15 is 0 Å². The number of carbonyl (C=O) groups excluding carboxylic acids is 2. The smallest absolute Gasteiger partial charge is 0.321 e. The van der Waals surface area contributed by atoms with E-state index in [4.69, 9.17) is 18.9 Å². The van der Waals surface area contributed by atoms with Gasteiger partial charge < -0.3 is 18.9 Å². The summed E-state index contributed by atoms with van der Waals surface area (Å²) in [4.78, 5) is 29.9. The number of epoxide rings is 1. The Bertz CT molecular complexity index is 1370. The zero-order valence-electron chi connectivity index (χ0n) is 23.4. The number of fused-ring (bicyclic) bond motifs is 7. The quantitative estimate of drug-likeness (QED) is 0.202. The van der Waals surface area contributed by atoms with Gasteiger partial charge in [-0.3, -0.25) is 14.5 Å². The predicted octanol–water partition coefficient (Wildman–Crippen LogP) is 5.59. The van der Waals surface area contributed by atoms with E-state index in [-0.39, 0.29) is 43.0 Å². The molecule has 3 aromatic carbocycles. The first-order valence-corrected chi connectivity index (χ1v) is 15.6. The van der Waals surface area contributed by atoms with Crippen LogP contribution in [0.2, 0.25) is 0 Å². The molecule has 7 nitrogen and oxygen atoms in total. The highest BCUT2D eigenvalue weighted by molar-refractivity contribution is 9.08. The molecule has 2 bridgehead atoms. The number of carbonyl (C=O) groups is 2. The van der Waals surface area contributed by atoms with Crippen molar-refractivity contribution in [2.24, 2.45) is 0 Å². The van der Waals surface area contributed by atoms with Crippen LogP contribution in [0.1, 0.15) is 42.4 Å². The SMILES string of the molecule is CBr.CN1C2CC(OC(=O)C(COC(=O)C3(C)c4ccccc4Oc4ccccc43)c3ccccc3)CC1[C@@H]1O[C@H]21. The predicted molar refractivity (Wildman–Crippen MR) is 158 cm³/mol. The van der Waals surface area contributed by atoms with E-state index in [1.165, 1.54) is 0 Å². The summed E-state index contributed by atoms with van der Waals surface area (Å²) in [5.74, 6) is 1.52. The number of piperidine rings is 1. The van der Waals surface area contributed by atoms with Gasteiger partial charge in [-0.2, -0.15) is 0 Å². The maximum Gasteiger partial charge on any atom is 0.321 e. The Labute approximate surface area is 248 Å². The highest BCUT2D eigenvalue weighted by atomic mass is 79.9. The molecule has 7 rings (SSSR count). The van der Waals surface area contributed by atoms with E-state index < -0.39 is 17.3 Å². The Hall–Kier alpha value is -3.20. The number of halogens is 1. The minimum atomic E-state index is -1.09. The molecule has 0 radical (unpaired) electrons. The number of likely N-dealkylation sites (N-methyl/N-ethyl adjacent to an activating group) is 1. The summed E-state index contributed by atoms with van der Waals surface area (Å²) < 4.78 is 24.0. The Morgan fingerprint density at radius 2 is 1.44 bits per heavy atom. The molecule has 41 heavy (non-hydrogen) atoms. The third-order valence-electron chi connectivity index (χ3n) is 9.00. The third kappa shape index (κ3) is 4.86. The summed E-state index contributed by atoms with van der Waals surface area (Å²) in [6.07, 6.45) is 1.87. The van der Waals surface area contributed by atoms with Crippen molar-refractivity contribution in [3.8, 4) is 11.5 Å². The van der Waals surface area contributed by atoms with Gasteiger partial charge in [0.25, 0.3) is 0 Å². The van der Waals surface area contributed by atoms with Crippen molar-refractivity contribution in [3.63, 3.8) is 0 Å².